The van der Waals surface area contributed by atoms with Crippen molar-refractivity contribution in [2.45, 2.75) is 25.8 Å². The highest BCUT2D eigenvalue weighted by atomic mass is 19.1. The maximum atomic E-state index is 14.9. The predicted molar refractivity (Wildman–Crippen MR) is 107 cm³/mol. The Morgan fingerprint density at radius 2 is 2.14 bits per heavy atom. The van der Waals surface area contributed by atoms with Crippen LogP contribution in [0.1, 0.15) is 28.9 Å². The van der Waals surface area contributed by atoms with Crippen LogP contribution >= 0.6 is 0 Å². The van der Waals surface area contributed by atoms with Gasteiger partial charge in [-0.1, -0.05) is 0 Å². The highest BCUT2D eigenvalue weighted by Gasteiger charge is 2.21. The van der Waals surface area contributed by atoms with Gasteiger partial charge >= 0.3 is 0 Å². The fourth-order valence-electron chi connectivity index (χ4n) is 3.82. The highest BCUT2D eigenvalue weighted by molar-refractivity contribution is 5.96. The molecule has 0 atom stereocenters. The van der Waals surface area contributed by atoms with Crippen molar-refractivity contribution in [2.24, 2.45) is 5.73 Å². The number of nitrogens with two attached hydrogens (primary N) is 1. The quantitative estimate of drug-likeness (QED) is 0.557. The fraction of sp³-hybridized carbons (Fsp3) is 0.238. The lowest BCUT2D eigenvalue weighted by Crippen LogP contribution is -2.16. The standard InChI is InChI=1S/C21H19FN6O/c22-15-8-13-12(3-5-23)11-25-17(13)9-14(15)21-24-6-4-16(26-21)18-10-19-20(29)2-1-7-28(19)27-18/h4,6,8-11,25H,1-3,5,7,23H2. The van der Waals surface area contributed by atoms with Crippen LogP contribution in [0.15, 0.2) is 36.7 Å². The van der Waals surface area contributed by atoms with Crippen LogP contribution in [0.25, 0.3) is 33.7 Å². The summed E-state index contributed by atoms with van der Waals surface area (Å²) in [6.07, 6.45) is 5.43. The van der Waals surface area contributed by atoms with Gasteiger partial charge in [0, 0.05) is 36.3 Å². The lowest BCUT2D eigenvalue weighted by atomic mass is 10.1. The third kappa shape index (κ3) is 3.01. The molecule has 1 aliphatic rings. The number of ketones is 1. The van der Waals surface area contributed by atoms with Crippen LogP contribution in [0.4, 0.5) is 4.39 Å². The summed E-state index contributed by atoms with van der Waals surface area (Å²) in [5.74, 6) is -0.0400. The first-order valence-corrected chi connectivity index (χ1v) is 9.58. The van der Waals surface area contributed by atoms with Gasteiger partial charge in [-0.05, 0) is 49.2 Å². The van der Waals surface area contributed by atoms with E-state index in [1.807, 2.05) is 6.20 Å². The minimum atomic E-state index is -0.396. The van der Waals surface area contributed by atoms with Crippen molar-refractivity contribution >= 4 is 16.7 Å². The van der Waals surface area contributed by atoms with Crippen molar-refractivity contribution in [1.82, 2.24) is 24.7 Å². The van der Waals surface area contributed by atoms with Gasteiger partial charge in [-0.2, -0.15) is 5.10 Å². The maximum absolute atomic E-state index is 14.9. The summed E-state index contributed by atoms with van der Waals surface area (Å²) < 4.78 is 16.6. The number of Topliss-reactive ketones (excluding diaryl/α,β-unsaturated/α-hetero) is 1. The van der Waals surface area contributed by atoms with E-state index in [-0.39, 0.29) is 11.6 Å². The topological polar surface area (TPSA) is 102 Å². The SMILES string of the molecule is NCCc1c[nH]c2cc(-c3nccc(-c4cc5n(n4)CCCC5=O)n3)c(F)cc12. The number of benzene rings is 1. The molecule has 0 saturated carbocycles. The molecule has 146 valence electrons. The van der Waals surface area contributed by atoms with Crippen molar-refractivity contribution < 1.29 is 9.18 Å². The molecule has 5 rings (SSSR count). The first kappa shape index (κ1) is 17.7. The van der Waals surface area contributed by atoms with Crippen molar-refractivity contribution in [3.63, 3.8) is 0 Å². The maximum Gasteiger partial charge on any atom is 0.180 e. The highest BCUT2D eigenvalue weighted by Crippen LogP contribution is 2.29. The van der Waals surface area contributed by atoms with Crippen LogP contribution in [0.3, 0.4) is 0 Å². The number of carbonyl (C=O) groups excluding carboxylic acids is 1. The third-order valence-corrected chi connectivity index (χ3v) is 5.27. The zero-order chi connectivity index (χ0) is 20.0. The molecule has 7 nitrogen and oxygen atoms in total. The van der Waals surface area contributed by atoms with Crippen LogP contribution < -0.4 is 5.73 Å². The van der Waals surface area contributed by atoms with E-state index < -0.39 is 5.82 Å². The van der Waals surface area contributed by atoms with E-state index in [1.165, 1.54) is 6.07 Å². The second kappa shape index (κ2) is 6.89. The Hall–Kier alpha value is -3.39. The lowest BCUT2D eigenvalue weighted by Gasteiger charge is -2.10. The van der Waals surface area contributed by atoms with Gasteiger partial charge in [0.15, 0.2) is 11.6 Å². The number of carbonyl (C=O) groups is 1. The van der Waals surface area contributed by atoms with Crippen LogP contribution in [-0.4, -0.2) is 37.1 Å². The smallest absolute Gasteiger partial charge is 0.180 e. The molecule has 4 aromatic rings. The third-order valence-electron chi connectivity index (χ3n) is 5.27. The molecule has 0 saturated heterocycles. The van der Waals surface area contributed by atoms with E-state index in [0.717, 1.165) is 22.9 Å². The summed E-state index contributed by atoms with van der Waals surface area (Å²) in [7, 11) is 0. The number of aryl methyl sites for hydroxylation is 1. The van der Waals surface area contributed by atoms with Crippen molar-refractivity contribution in [2.75, 3.05) is 6.54 Å². The van der Waals surface area contributed by atoms with E-state index in [9.17, 15) is 9.18 Å². The minimum Gasteiger partial charge on any atom is -0.361 e. The molecule has 8 heteroatoms. The first-order chi connectivity index (χ1) is 14.1. The predicted octanol–water partition coefficient (Wildman–Crippen LogP) is 3.11. The Bertz CT molecular complexity index is 1240. The number of fused-ring (bicyclic) bond motifs is 2. The van der Waals surface area contributed by atoms with E-state index >= 15 is 0 Å². The van der Waals surface area contributed by atoms with Gasteiger partial charge in [-0.3, -0.25) is 9.48 Å². The molecule has 4 heterocycles. The molecule has 0 aliphatic carbocycles. The van der Waals surface area contributed by atoms with Crippen LogP contribution in [0.2, 0.25) is 0 Å². The van der Waals surface area contributed by atoms with Gasteiger partial charge in [0.05, 0.1) is 11.3 Å². The molecule has 3 aromatic heterocycles. The molecule has 1 aliphatic heterocycles. The van der Waals surface area contributed by atoms with Crippen LogP contribution in [0.5, 0.6) is 0 Å². The Morgan fingerprint density at radius 1 is 1.24 bits per heavy atom. The van der Waals surface area contributed by atoms with Gasteiger partial charge in [0.2, 0.25) is 0 Å². The zero-order valence-corrected chi connectivity index (χ0v) is 15.7. The average molecular weight is 390 g/mol. The summed E-state index contributed by atoms with van der Waals surface area (Å²) in [4.78, 5) is 24.0. The molecule has 0 bridgehead atoms. The summed E-state index contributed by atoms with van der Waals surface area (Å²) in [6, 6.07) is 6.67. The molecule has 0 spiro atoms. The number of halogens is 1. The summed E-state index contributed by atoms with van der Waals surface area (Å²) in [6.45, 7) is 1.21. The van der Waals surface area contributed by atoms with Crippen molar-refractivity contribution in [3.05, 3.63) is 53.7 Å². The van der Waals surface area contributed by atoms with Gasteiger partial charge in [0.25, 0.3) is 0 Å². The van der Waals surface area contributed by atoms with E-state index in [2.05, 4.69) is 20.1 Å². The van der Waals surface area contributed by atoms with E-state index in [0.29, 0.717) is 48.6 Å². The summed E-state index contributed by atoms with van der Waals surface area (Å²) >= 11 is 0. The monoisotopic (exact) mass is 390 g/mol. The Kier molecular flexibility index (Phi) is 4.21. The van der Waals surface area contributed by atoms with Crippen molar-refractivity contribution in [1.29, 1.82) is 0 Å². The van der Waals surface area contributed by atoms with Crippen LogP contribution in [-0.2, 0) is 13.0 Å². The van der Waals surface area contributed by atoms with E-state index in [4.69, 9.17) is 5.73 Å². The normalized spacial score (nSPS) is 13.8. The Labute approximate surface area is 165 Å². The van der Waals surface area contributed by atoms with Gasteiger partial charge in [-0.25, -0.2) is 14.4 Å². The molecule has 1 aromatic carbocycles. The molecule has 0 radical (unpaired) electrons. The fourth-order valence-corrected chi connectivity index (χ4v) is 3.82. The number of hydrogen-bond donors (Lipinski definition) is 2. The molecular weight excluding hydrogens is 371 g/mol. The summed E-state index contributed by atoms with van der Waals surface area (Å²) in [5, 5.41) is 5.31. The molecule has 0 amide bonds. The Morgan fingerprint density at radius 3 is 2.97 bits per heavy atom. The molecule has 0 unspecified atom stereocenters. The Balaban J connectivity index is 1.56. The number of hydrogen-bond acceptors (Lipinski definition) is 5. The average Bonchev–Trinajstić information content (AvgIpc) is 3.33. The van der Waals surface area contributed by atoms with E-state index in [1.54, 1.807) is 29.1 Å². The number of aromatic amines is 1. The van der Waals surface area contributed by atoms with Gasteiger partial charge in [0.1, 0.15) is 17.2 Å². The number of aromatic nitrogens is 5. The van der Waals surface area contributed by atoms with Gasteiger partial charge in [-0.15, -0.1) is 0 Å². The second-order valence-corrected chi connectivity index (χ2v) is 7.16. The van der Waals surface area contributed by atoms with Crippen LogP contribution in [0, 0.1) is 5.82 Å². The number of nitrogens with zero attached hydrogens (tertiary/aromatic N) is 4. The number of rotatable bonds is 4. The number of nitrogens with one attached hydrogen (secondary N) is 1. The molecule has 29 heavy (non-hydrogen) atoms. The minimum absolute atomic E-state index is 0.0841. The molecule has 3 N–H and O–H groups in total. The first-order valence-electron chi connectivity index (χ1n) is 9.58. The molecule has 0 fully saturated rings. The largest absolute Gasteiger partial charge is 0.361 e. The second-order valence-electron chi connectivity index (χ2n) is 7.16. The zero-order valence-electron chi connectivity index (χ0n) is 15.7. The van der Waals surface area contributed by atoms with Crippen molar-refractivity contribution in [3.8, 4) is 22.8 Å². The summed E-state index contributed by atoms with van der Waals surface area (Å²) in [5.41, 5.74) is 9.46. The van der Waals surface area contributed by atoms with Gasteiger partial charge < -0.3 is 10.7 Å². The lowest BCUT2D eigenvalue weighted by molar-refractivity contribution is 0.0951. The molecular formula is C21H19FN6O. The number of H-pyrrole nitrogens is 1.